The number of carbonyl (C=O) groups excluding carboxylic acids is 1. The smallest absolute Gasteiger partial charge is 0.246 e. The normalized spacial score (nSPS) is 16.2. The first-order valence-electron chi connectivity index (χ1n) is 8.26. The van der Waals surface area contributed by atoms with Crippen molar-refractivity contribution in [1.82, 2.24) is 9.21 Å². The molecule has 2 heterocycles. The number of carbonyl (C=O) groups is 1. The van der Waals surface area contributed by atoms with Crippen LogP contribution in [0.1, 0.15) is 11.5 Å². The number of rotatable bonds is 4. The van der Waals surface area contributed by atoms with Crippen molar-refractivity contribution >= 4 is 45.2 Å². The molecule has 0 radical (unpaired) electrons. The lowest BCUT2D eigenvalue weighted by atomic mass is 10.3. The second-order valence-electron chi connectivity index (χ2n) is 6.06. The molecular weight excluding hydrogens is 411 g/mol. The van der Waals surface area contributed by atoms with Crippen molar-refractivity contribution in [3.05, 3.63) is 58.0 Å². The summed E-state index contributed by atoms with van der Waals surface area (Å²) in [5.41, 5.74) is 0. The quantitative estimate of drug-likeness (QED) is 0.699. The maximum absolute atomic E-state index is 12.8. The lowest BCUT2D eigenvalue weighted by molar-refractivity contribution is -0.127. The molecule has 144 valence electrons. The van der Waals surface area contributed by atoms with Crippen molar-refractivity contribution in [2.45, 2.75) is 11.8 Å². The Morgan fingerprint density at radius 1 is 1.11 bits per heavy atom. The fourth-order valence-electron chi connectivity index (χ4n) is 2.77. The Balaban J connectivity index is 1.65. The highest BCUT2D eigenvalue weighted by Gasteiger charge is 2.31. The molecule has 0 atom stereocenters. The van der Waals surface area contributed by atoms with Crippen LogP contribution in [0.2, 0.25) is 10.0 Å². The molecule has 1 aromatic heterocycles. The molecule has 0 unspecified atom stereocenters. The number of benzene rings is 1. The maximum atomic E-state index is 12.8. The van der Waals surface area contributed by atoms with Gasteiger partial charge < -0.3 is 9.32 Å². The van der Waals surface area contributed by atoms with Gasteiger partial charge in [0.05, 0.1) is 10.0 Å². The minimum Gasteiger partial charge on any atom is -0.462 e. The fraction of sp³-hybridized carbons (Fsp3) is 0.278. The molecule has 1 aliphatic rings. The Labute approximate surface area is 168 Å². The van der Waals surface area contributed by atoms with Crippen LogP contribution in [-0.4, -0.2) is 49.7 Å². The highest BCUT2D eigenvalue weighted by Crippen LogP contribution is 2.31. The third kappa shape index (κ3) is 4.38. The lowest BCUT2D eigenvalue weighted by Crippen LogP contribution is -2.50. The maximum Gasteiger partial charge on any atom is 0.246 e. The molecule has 1 aliphatic heterocycles. The number of piperazine rings is 1. The molecule has 0 N–H and O–H groups in total. The summed E-state index contributed by atoms with van der Waals surface area (Å²) in [6.07, 6.45) is 3.03. The predicted octanol–water partition coefficient (Wildman–Crippen LogP) is 3.44. The molecule has 0 bridgehead atoms. The molecule has 1 amide bonds. The van der Waals surface area contributed by atoms with Crippen molar-refractivity contribution < 1.29 is 17.6 Å². The number of sulfonamides is 1. The Bertz CT molecular complexity index is 977. The molecule has 27 heavy (non-hydrogen) atoms. The van der Waals surface area contributed by atoms with E-state index in [1.807, 2.05) is 13.0 Å². The molecule has 1 aromatic carbocycles. The second kappa shape index (κ2) is 8.06. The van der Waals surface area contributed by atoms with Crippen LogP contribution in [0.25, 0.3) is 6.08 Å². The van der Waals surface area contributed by atoms with E-state index in [4.69, 9.17) is 27.6 Å². The Morgan fingerprint density at radius 3 is 2.44 bits per heavy atom. The zero-order valence-electron chi connectivity index (χ0n) is 14.6. The van der Waals surface area contributed by atoms with Crippen LogP contribution in [0.15, 0.2) is 45.7 Å². The summed E-state index contributed by atoms with van der Waals surface area (Å²) in [5, 5.41) is 0.194. The van der Waals surface area contributed by atoms with Crippen molar-refractivity contribution in [2.24, 2.45) is 0 Å². The number of hydrogen-bond acceptors (Lipinski definition) is 4. The predicted molar refractivity (Wildman–Crippen MR) is 104 cm³/mol. The van der Waals surface area contributed by atoms with Crippen molar-refractivity contribution in [1.29, 1.82) is 0 Å². The zero-order chi connectivity index (χ0) is 19.6. The zero-order valence-corrected chi connectivity index (χ0v) is 16.9. The van der Waals surface area contributed by atoms with Gasteiger partial charge in [-0.05, 0) is 37.3 Å². The third-order valence-corrected chi connectivity index (χ3v) is 7.11. The van der Waals surface area contributed by atoms with E-state index in [0.717, 1.165) is 5.76 Å². The van der Waals surface area contributed by atoms with Gasteiger partial charge in [-0.1, -0.05) is 29.3 Å². The molecular formula is C18H18Cl2N2O4S. The molecule has 9 heteroatoms. The topological polar surface area (TPSA) is 70.8 Å². The van der Waals surface area contributed by atoms with Gasteiger partial charge in [-0.15, -0.1) is 0 Å². The summed E-state index contributed by atoms with van der Waals surface area (Å²) in [7, 11) is -3.77. The molecule has 0 saturated carbocycles. The summed E-state index contributed by atoms with van der Waals surface area (Å²) in [5.74, 6) is 1.17. The Morgan fingerprint density at radius 2 is 1.81 bits per heavy atom. The van der Waals surface area contributed by atoms with Crippen molar-refractivity contribution in [3.63, 3.8) is 0 Å². The number of aryl methyl sites for hydroxylation is 1. The van der Waals surface area contributed by atoms with E-state index >= 15 is 0 Å². The number of nitrogens with zero attached hydrogens (tertiary/aromatic N) is 2. The van der Waals surface area contributed by atoms with E-state index < -0.39 is 10.0 Å². The van der Waals surface area contributed by atoms with Crippen LogP contribution in [-0.2, 0) is 14.8 Å². The number of hydrogen-bond donors (Lipinski definition) is 0. The fourth-order valence-corrected chi connectivity index (χ4v) is 4.93. The highest BCUT2D eigenvalue weighted by atomic mass is 35.5. The van der Waals surface area contributed by atoms with Crippen LogP contribution in [0.3, 0.4) is 0 Å². The first-order chi connectivity index (χ1) is 12.8. The Kier molecular flexibility index (Phi) is 5.95. The van der Waals surface area contributed by atoms with E-state index in [2.05, 4.69) is 0 Å². The average Bonchev–Trinajstić information content (AvgIpc) is 3.07. The van der Waals surface area contributed by atoms with Crippen molar-refractivity contribution in [2.75, 3.05) is 26.2 Å². The van der Waals surface area contributed by atoms with Crippen LogP contribution in [0.5, 0.6) is 0 Å². The van der Waals surface area contributed by atoms with Gasteiger partial charge in [-0.2, -0.15) is 4.31 Å². The standard InChI is InChI=1S/C18H18Cl2N2O4S/c1-13-5-6-14(26-13)7-8-17(23)21-9-11-22(12-10-21)27(24,25)16-4-2-3-15(19)18(16)20/h2-8H,9-12H2,1H3/b8-7+. The minimum atomic E-state index is -3.77. The van der Waals surface area contributed by atoms with Gasteiger partial charge in [0.1, 0.15) is 16.4 Å². The first-order valence-corrected chi connectivity index (χ1v) is 10.5. The van der Waals surface area contributed by atoms with Gasteiger partial charge in [-0.3, -0.25) is 4.79 Å². The molecule has 3 rings (SSSR count). The van der Waals surface area contributed by atoms with Crippen LogP contribution in [0, 0.1) is 6.92 Å². The summed E-state index contributed by atoms with van der Waals surface area (Å²) < 4.78 is 32.3. The van der Waals surface area contributed by atoms with Gasteiger partial charge in [0.25, 0.3) is 0 Å². The molecule has 0 spiro atoms. The summed E-state index contributed by atoms with van der Waals surface area (Å²) in [6, 6.07) is 8.09. The number of furan rings is 1. The molecule has 1 fully saturated rings. The summed E-state index contributed by atoms with van der Waals surface area (Å²) in [4.78, 5) is 13.9. The van der Waals surface area contributed by atoms with E-state index in [1.165, 1.54) is 22.5 Å². The lowest BCUT2D eigenvalue weighted by Gasteiger charge is -2.33. The SMILES string of the molecule is Cc1ccc(/C=C/C(=O)N2CCN(S(=O)(=O)c3cccc(Cl)c3Cl)CC2)o1. The average molecular weight is 429 g/mol. The second-order valence-corrected chi connectivity index (χ2v) is 8.75. The summed E-state index contributed by atoms with van der Waals surface area (Å²) >= 11 is 12.0. The number of halogens is 2. The Hall–Kier alpha value is -1.80. The van der Waals surface area contributed by atoms with E-state index in [0.29, 0.717) is 5.76 Å². The largest absolute Gasteiger partial charge is 0.462 e. The summed E-state index contributed by atoms with van der Waals surface area (Å²) in [6.45, 7) is 2.77. The highest BCUT2D eigenvalue weighted by molar-refractivity contribution is 7.89. The van der Waals surface area contributed by atoms with Crippen LogP contribution < -0.4 is 0 Å². The van der Waals surface area contributed by atoms with E-state index in [1.54, 1.807) is 23.1 Å². The van der Waals surface area contributed by atoms with Crippen LogP contribution in [0.4, 0.5) is 0 Å². The first kappa shape index (κ1) is 19.9. The molecule has 6 nitrogen and oxygen atoms in total. The van der Waals surface area contributed by atoms with E-state index in [-0.39, 0.29) is 47.0 Å². The van der Waals surface area contributed by atoms with Gasteiger partial charge >= 0.3 is 0 Å². The van der Waals surface area contributed by atoms with E-state index in [9.17, 15) is 13.2 Å². The number of amides is 1. The molecule has 1 saturated heterocycles. The van der Waals surface area contributed by atoms with Crippen LogP contribution >= 0.6 is 23.2 Å². The van der Waals surface area contributed by atoms with Gasteiger partial charge in [0.2, 0.25) is 15.9 Å². The van der Waals surface area contributed by atoms with Crippen molar-refractivity contribution in [3.8, 4) is 0 Å². The third-order valence-electron chi connectivity index (χ3n) is 4.24. The van der Waals surface area contributed by atoms with Gasteiger partial charge in [-0.25, -0.2) is 8.42 Å². The minimum absolute atomic E-state index is 0.00865. The molecule has 2 aromatic rings. The van der Waals surface area contributed by atoms with Gasteiger partial charge in [0.15, 0.2) is 0 Å². The van der Waals surface area contributed by atoms with Gasteiger partial charge in [0, 0.05) is 32.3 Å². The monoisotopic (exact) mass is 428 g/mol. The molecule has 0 aliphatic carbocycles.